The van der Waals surface area contributed by atoms with Crippen LogP contribution in [0.3, 0.4) is 0 Å². The lowest BCUT2D eigenvalue weighted by atomic mass is 10.0. The Kier molecular flexibility index (Phi) is 2.83. The van der Waals surface area contributed by atoms with E-state index >= 15 is 0 Å². The van der Waals surface area contributed by atoms with Gasteiger partial charge in [0.25, 0.3) is 0 Å². The first-order valence-corrected chi connectivity index (χ1v) is 7.95. The molecular weight excluding hydrogens is 296 g/mol. The number of rotatable bonds is 2. The minimum Gasteiger partial charge on any atom is -0.463 e. The fourth-order valence-corrected chi connectivity index (χ4v) is 3.21. The maximum Gasteiger partial charge on any atom is 0.142 e. The van der Waals surface area contributed by atoms with Crippen molar-refractivity contribution in [3.63, 3.8) is 0 Å². The molecule has 0 atom stereocenters. The van der Waals surface area contributed by atoms with Crippen molar-refractivity contribution < 1.29 is 8.83 Å². The van der Waals surface area contributed by atoms with Gasteiger partial charge in [-0.25, -0.2) is 0 Å². The molecule has 0 aliphatic carbocycles. The highest BCUT2D eigenvalue weighted by Crippen LogP contribution is 2.38. The molecule has 0 unspecified atom stereocenters. The third-order valence-electron chi connectivity index (χ3n) is 4.37. The van der Waals surface area contributed by atoms with E-state index in [2.05, 4.69) is 36.4 Å². The van der Waals surface area contributed by atoms with Crippen LogP contribution in [0.15, 0.2) is 94.0 Å². The Hall–Kier alpha value is -3.26. The molecule has 0 aliphatic rings. The molecular formula is C22H14O2. The van der Waals surface area contributed by atoms with Crippen LogP contribution in [0.5, 0.6) is 0 Å². The van der Waals surface area contributed by atoms with E-state index in [0.717, 1.165) is 44.4 Å². The molecule has 0 N–H and O–H groups in total. The van der Waals surface area contributed by atoms with Crippen LogP contribution >= 0.6 is 0 Å². The summed E-state index contributed by atoms with van der Waals surface area (Å²) in [5, 5.41) is 3.32. The third kappa shape index (κ3) is 1.97. The van der Waals surface area contributed by atoms with Crippen LogP contribution in [0, 0.1) is 0 Å². The Morgan fingerprint density at radius 1 is 0.625 bits per heavy atom. The van der Waals surface area contributed by atoms with Crippen molar-refractivity contribution in [1.29, 1.82) is 0 Å². The van der Waals surface area contributed by atoms with E-state index in [1.54, 1.807) is 6.26 Å². The lowest BCUT2D eigenvalue weighted by molar-refractivity contribution is 0.586. The summed E-state index contributed by atoms with van der Waals surface area (Å²) in [6.07, 6.45) is 1.81. The van der Waals surface area contributed by atoms with Crippen molar-refractivity contribution in [3.8, 4) is 22.6 Å². The Bertz CT molecular complexity index is 1130. The van der Waals surface area contributed by atoms with Gasteiger partial charge in [-0.05, 0) is 12.1 Å². The number of furan rings is 2. The quantitative estimate of drug-likeness (QED) is 0.371. The van der Waals surface area contributed by atoms with Crippen LogP contribution in [-0.2, 0) is 0 Å². The van der Waals surface area contributed by atoms with Gasteiger partial charge in [-0.1, -0.05) is 66.7 Å². The van der Waals surface area contributed by atoms with E-state index in [-0.39, 0.29) is 0 Å². The average Bonchev–Trinajstić information content (AvgIpc) is 3.26. The van der Waals surface area contributed by atoms with E-state index < -0.39 is 0 Å². The van der Waals surface area contributed by atoms with Gasteiger partial charge in [0.05, 0.1) is 6.26 Å². The average molecular weight is 310 g/mol. The van der Waals surface area contributed by atoms with Crippen molar-refractivity contribution in [2.24, 2.45) is 0 Å². The van der Waals surface area contributed by atoms with Gasteiger partial charge in [0.2, 0.25) is 0 Å². The second kappa shape index (κ2) is 5.14. The van der Waals surface area contributed by atoms with E-state index in [4.69, 9.17) is 8.83 Å². The van der Waals surface area contributed by atoms with Gasteiger partial charge in [-0.3, -0.25) is 0 Å². The van der Waals surface area contributed by atoms with Gasteiger partial charge in [-0.2, -0.15) is 0 Å². The standard InChI is InChI=1S/C22H14O2/c1-3-9-17-16(8-1)14-23-22(17)19-11-5-4-10-18(19)21-13-15-7-2-6-12-20(15)24-21/h1-14H. The Morgan fingerprint density at radius 2 is 1.33 bits per heavy atom. The van der Waals surface area contributed by atoms with Crippen molar-refractivity contribution in [1.82, 2.24) is 0 Å². The highest BCUT2D eigenvalue weighted by molar-refractivity contribution is 5.98. The fraction of sp³-hybridized carbons (Fsp3) is 0. The molecule has 114 valence electrons. The van der Waals surface area contributed by atoms with Crippen molar-refractivity contribution in [2.75, 3.05) is 0 Å². The largest absolute Gasteiger partial charge is 0.463 e. The van der Waals surface area contributed by atoms with Gasteiger partial charge in [-0.15, -0.1) is 0 Å². The lowest BCUT2D eigenvalue weighted by Crippen LogP contribution is -1.82. The number of hydrogen-bond acceptors (Lipinski definition) is 2. The molecule has 0 radical (unpaired) electrons. The van der Waals surface area contributed by atoms with Crippen LogP contribution < -0.4 is 0 Å². The molecule has 2 nitrogen and oxygen atoms in total. The zero-order valence-electron chi connectivity index (χ0n) is 12.9. The van der Waals surface area contributed by atoms with Crippen LogP contribution in [0.25, 0.3) is 44.4 Å². The molecule has 5 rings (SSSR count). The molecule has 5 aromatic rings. The van der Waals surface area contributed by atoms with Gasteiger partial charge >= 0.3 is 0 Å². The second-order valence-corrected chi connectivity index (χ2v) is 5.85. The predicted molar refractivity (Wildman–Crippen MR) is 96.9 cm³/mol. The maximum atomic E-state index is 6.06. The van der Waals surface area contributed by atoms with E-state index in [1.807, 2.05) is 42.5 Å². The summed E-state index contributed by atoms with van der Waals surface area (Å²) in [7, 11) is 0. The first-order chi connectivity index (χ1) is 11.9. The first-order valence-electron chi connectivity index (χ1n) is 7.95. The molecule has 0 fully saturated rings. The van der Waals surface area contributed by atoms with Crippen molar-refractivity contribution >= 4 is 21.7 Å². The molecule has 0 saturated carbocycles. The number of fused-ring (bicyclic) bond motifs is 2. The first kappa shape index (κ1) is 13.2. The normalized spacial score (nSPS) is 11.3. The minimum absolute atomic E-state index is 0.854. The number of para-hydroxylation sites is 1. The van der Waals surface area contributed by atoms with Gasteiger partial charge < -0.3 is 8.83 Å². The molecule has 2 heteroatoms. The molecule has 0 spiro atoms. The smallest absolute Gasteiger partial charge is 0.142 e. The Balaban J connectivity index is 1.76. The van der Waals surface area contributed by atoms with Crippen LogP contribution in [0.1, 0.15) is 0 Å². The van der Waals surface area contributed by atoms with Crippen LogP contribution in [-0.4, -0.2) is 0 Å². The maximum absolute atomic E-state index is 6.06. The Morgan fingerprint density at radius 3 is 2.21 bits per heavy atom. The summed E-state index contributed by atoms with van der Waals surface area (Å²) in [6.45, 7) is 0. The van der Waals surface area contributed by atoms with E-state index in [9.17, 15) is 0 Å². The summed E-state index contributed by atoms with van der Waals surface area (Å²) >= 11 is 0. The number of hydrogen-bond donors (Lipinski definition) is 0. The summed E-state index contributed by atoms with van der Waals surface area (Å²) in [6, 6.07) is 26.5. The van der Waals surface area contributed by atoms with Crippen LogP contribution in [0.2, 0.25) is 0 Å². The molecule has 0 bridgehead atoms. The fourth-order valence-electron chi connectivity index (χ4n) is 3.21. The molecule has 3 aromatic carbocycles. The summed E-state index contributed by atoms with van der Waals surface area (Å²) in [4.78, 5) is 0. The monoisotopic (exact) mass is 310 g/mol. The zero-order valence-corrected chi connectivity index (χ0v) is 12.9. The Labute approximate surface area is 138 Å². The zero-order chi connectivity index (χ0) is 15.9. The van der Waals surface area contributed by atoms with Crippen molar-refractivity contribution in [3.05, 3.63) is 85.1 Å². The lowest BCUT2D eigenvalue weighted by Gasteiger charge is -2.05. The second-order valence-electron chi connectivity index (χ2n) is 5.85. The van der Waals surface area contributed by atoms with Gasteiger partial charge in [0.1, 0.15) is 17.1 Å². The molecule has 0 amide bonds. The van der Waals surface area contributed by atoms with E-state index in [1.165, 1.54) is 0 Å². The molecule has 0 saturated heterocycles. The SMILES string of the molecule is c1ccc(-c2occ3ccccc23)c(-c2cc3ccccc3o2)c1. The van der Waals surface area contributed by atoms with Gasteiger partial charge in [0.15, 0.2) is 0 Å². The number of benzene rings is 3. The third-order valence-corrected chi connectivity index (χ3v) is 4.37. The summed E-state index contributed by atoms with van der Waals surface area (Å²) in [5.74, 6) is 1.73. The highest BCUT2D eigenvalue weighted by Gasteiger charge is 2.16. The van der Waals surface area contributed by atoms with Crippen molar-refractivity contribution in [2.45, 2.75) is 0 Å². The summed E-state index contributed by atoms with van der Waals surface area (Å²) < 4.78 is 12.0. The minimum atomic E-state index is 0.854. The predicted octanol–water partition coefficient (Wildman–Crippen LogP) is 6.51. The van der Waals surface area contributed by atoms with Crippen LogP contribution in [0.4, 0.5) is 0 Å². The topological polar surface area (TPSA) is 26.3 Å². The molecule has 2 aromatic heterocycles. The molecule has 24 heavy (non-hydrogen) atoms. The summed E-state index contributed by atoms with van der Waals surface area (Å²) in [5.41, 5.74) is 2.97. The molecule has 0 aliphatic heterocycles. The van der Waals surface area contributed by atoms with E-state index in [0.29, 0.717) is 0 Å². The highest BCUT2D eigenvalue weighted by atomic mass is 16.3. The van der Waals surface area contributed by atoms with Gasteiger partial charge in [0, 0.05) is 27.3 Å². The molecule has 2 heterocycles.